The van der Waals surface area contributed by atoms with Crippen molar-refractivity contribution in [3.8, 4) is 0 Å². The van der Waals surface area contributed by atoms with E-state index >= 15 is 0 Å². The van der Waals surface area contributed by atoms with E-state index in [-0.39, 0.29) is 6.10 Å². The molecule has 3 rings (SSSR count). The van der Waals surface area contributed by atoms with E-state index in [9.17, 15) is 0 Å². The molecular weight excluding hydrogens is 325 g/mol. The summed E-state index contributed by atoms with van der Waals surface area (Å²) in [5.41, 5.74) is 0.757. The highest BCUT2D eigenvalue weighted by atomic mass is 35.5. The van der Waals surface area contributed by atoms with Gasteiger partial charge >= 0.3 is 0 Å². The lowest BCUT2D eigenvalue weighted by Gasteiger charge is -2.29. The van der Waals surface area contributed by atoms with Crippen LogP contribution < -0.4 is 0 Å². The van der Waals surface area contributed by atoms with E-state index in [2.05, 4.69) is 17.0 Å². The summed E-state index contributed by atoms with van der Waals surface area (Å²) in [7, 11) is 0. The molecule has 0 spiro atoms. The summed E-state index contributed by atoms with van der Waals surface area (Å²) >= 11 is 12.4. The van der Waals surface area contributed by atoms with Gasteiger partial charge in [0.15, 0.2) is 0 Å². The molecule has 0 saturated carbocycles. The van der Waals surface area contributed by atoms with Gasteiger partial charge in [0.25, 0.3) is 0 Å². The van der Waals surface area contributed by atoms with Crippen LogP contribution in [0.15, 0.2) is 30.9 Å². The summed E-state index contributed by atoms with van der Waals surface area (Å²) in [6.45, 7) is 3.03. The summed E-state index contributed by atoms with van der Waals surface area (Å²) < 4.78 is 14.0. The van der Waals surface area contributed by atoms with E-state index in [0.717, 1.165) is 18.4 Å². The number of benzene rings is 1. The van der Waals surface area contributed by atoms with E-state index < -0.39 is 5.79 Å². The standard InChI is InChI=1S/C15H17Cl2N3O2/c1-2-3-12-7-21-15(22-12,8-20-10-18-9-19-20)13-5-4-11(16)6-14(13)17/h4-6,9-10,12H,2-3,7-8H2,1H3/t12-,15+/m1/s1. The molecule has 0 amide bonds. The fourth-order valence-electron chi connectivity index (χ4n) is 2.66. The van der Waals surface area contributed by atoms with Gasteiger partial charge < -0.3 is 9.47 Å². The van der Waals surface area contributed by atoms with Gasteiger partial charge in [0.2, 0.25) is 5.79 Å². The van der Waals surface area contributed by atoms with Gasteiger partial charge in [0, 0.05) is 10.6 Å². The molecule has 2 heterocycles. The van der Waals surface area contributed by atoms with Crippen molar-refractivity contribution in [3.63, 3.8) is 0 Å². The van der Waals surface area contributed by atoms with Crippen molar-refractivity contribution < 1.29 is 9.47 Å². The smallest absolute Gasteiger partial charge is 0.217 e. The van der Waals surface area contributed by atoms with Gasteiger partial charge in [-0.25, -0.2) is 9.67 Å². The molecule has 2 aromatic rings. The summed E-state index contributed by atoms with van der Waals surface area (Å²) in [5, 5.41) is 5.24. The monoisotopic (exact) mass is 341 g/mol. The Morgan fingerprint density at radius 2 is 2.27 bits per heavy atom. The van der Waals surface area contributed by atoms with Crippen LogP contribution in [0.5, 0.6) is 0 Å². The largest absolute Gasteiger partial charge is 0.342 e. The van der Waals surface area contributed by atoms with E-state index in [0.29, 0.717) is 23.2 Å². The summed E-state index contributed by atoms with van der Waals surface area (Å²) in [6.07, 6.45) is 5.12. The quantitative estimate of drug-likeness (QED) is 0.832. The van der Waals surface area contributed by atoms with Crippen molar-refractivity contribution in [2.45, 2.75) is 38.2 Å². The molecule has 1 aromatic heterocycles. The van der Waals surface area contributed by atoms with E-state index in [1.165, 1.54) is 6.33 Å². The number of hydrogen-bond donors (Lipinski definition) is 0. The molecule has 1 aromatic carbocycles. The van der Waals surface area contributed by atoms with Crippen LogP contribution in [-0.4, -0.2) is 27.5 Å². The van der Waals surface area contributed by atoms with Crippen molar-refractivity contribution in [2.75, 3.05) is 6.61 Å². The van der Waals surface area contributed by atoms with Crippen molar-refractivity contribution in [1.82, 2.24) is 14.8 Å². The Morgan fingerprint density at radius 3 is 2.95 bits per heavy atom. The lowest BCUT2D eigenvalue weighted by Crippen LogP contribution is -2.34. The van der Waals surface area contributed by atoms with Crippen molar-refractivity contribution in [1.29, 1.82) is 0 Å². The highest BCUT2D eigenvalue weighted by Crippen LogP contribution is 2.41. The molecule has 1 aliphatic rings. The summed E-state index contributed by atoms with van der Waals surface area (Å²) in [4.78, 5) is 3.97. The molecule has 2 atom stereocenters. The zero-order chi connectivity index (χ0) is 15.6. The SMILES string of the molecule is CCC[C@@H]1CO[C@](Cn2cncn2)(c2ccc(Cl)cc2Cl)O1. The minimum atomic E-state index is -0.963. The van der Waals surface area contributed by atoms with Crippen molar-refractivity contribution in [2.24, 2.45) is 0 Å². The van der Waals surface area contributed by atoms with Crippen LogP contribution in [0.4, 0.5) is 0 Å². The molecule has 0 bridgehead atoms. The molecule has 1 aliphatic heterocycles. The second kappa shape index (κ2) is 6.54. The number of nitrogens with zero attached hydrogens (tertiary/aromatic N) is 3. The normalized spacial score (nSPS) is 24.8. The predicted molar refractivity (Wildman–Crippen MR) is 83.9 cm³/mol. The summed E-state index contributed by atoms with van der Waals surface area (Å²) in [5.74, 6) is -0.963. The zero-order valence-electron chi connectivity index (χ0n) is 12.2. The van der Waals surface area contributed by atoms with Gasteiger partial charge in [-0.05, 0) is 18.6 Å². The van der Waals surface area contributed by atoms with Crippen LogP contribution in [0, 0.1) is 0 Å². The highest BCUT2D eigenvalue weighted by molar-refractivity contribution is 6.35. The molecule has 7 heteroatoms. The van der Waals surface area contributed by atoms with E-state index in [4.69, 9.17) is 32.7 Å². The minimum Gasteiger partial charge on any atom is -0.342 e. The Balaban J connectivity index is 1.96. The van der Waals surface area contributed by atoms with Crippen LogP contribution in [0.3, 0.4) is 0 Å². The number of rotatable bonds is 5. The van der Waals surface area contributed by atoms with Gasteiger partial charge in [-0.3, -0.25) is 0 Å². The second-order valence-corrected chi connectivity index (χ2v) is 6.15. The molecule has 118 valence electrons. The molecule has 0 aliphatic carbocycles. The van der Waals surface area contributed by atoms with Crippen molar-refractivity contribution in [3.05, 3.63) is 46.5 Å². The number of hydrogen-bond acceptors (Lipinski definition) is 4. The maximum atomic E-state index is 6.37. The first-order chi connectivity index (χ1) is 10.6. The Bertz CT molecular complexity index is 636. The third-order valence-electron chi connectivity index (χ3n) is 3.65. The molecule has 5 nitrogen and oxygen atoms in total. The molecule has 0 radical (unpaired) electrons. The van der Waals surface area contributed by atoms with Crippen molar-refractivity contribution >= 4 is 23.2 Å². The number of ether oxygens (including phenoxy) is 2. The fourth-order valence-corrected chi connectivity index (χ4v) is 3.22. The average molecular weight is 342 g/mol. The molecule has 0 unspecified atom stereocenters. The van der Waals surface area contributed by atoms with Gasteiger partial charge in [0.05, 0.1) is 17.7 Å². The Morgan fingerprint density at radius 1 is 1.41 bits per heavy atom. The third kappa shape index (κ3) is 3.13. The Labute approximate surface area is 139 Å². The lowest BCUT2D eigenvalue weighted by atomic mass is 10.1. The first-order valence-electron chi connectivity index (χ1n) is 7.22. The molecule has 0 N–H and O–H groups in total. The van der Waals surface area contributed by atoms with Crippen LogP contribution in [0.25, 0.3) is 0 Å². The van der Waals surface area contributed by atoms with E-state index in [1.54, 1.807) is 23.1 Å². The second-order valence-electron chi connectivity index (χ2n) is 5.31. The van der Waals surface area contributed by atoms with Crippen LogP contribution in [-0.2, 0) is 21.8 Å². The summed E-state index contributed by atoms with van der Waals surface area (Å²) in [6, 6.07) is 5.32. The topological polar surface area (TPSA) is 49.2 Å². The third-order valence-corrected chi connectivity index (χ3v) is 4.20. The number of aromatic nitrogens is 3. The lowest BCUT2D eigenvalue weighted by molar-refractivity contribution is -0.189. The predicted octanol–water partition coefficient (Wildman–Crippen LogP) is 3.65. The van der Waals surface area contributed by atoms with Gasteiger partial charge in [-0.1, -0.05) is 42.6 Å². The molecule has 1 fully saturated rings. The van der Waals surface area contributed by atoms with Crippen LogP contribution in [0.2, 0.25) is 10.0 Å². The Hall–Kier alpha value is -1.14. The molecule has 22 heavy (non-hydrogen) atoms. The zero-order valence-corrected chi connectivity index (χ0v) is 13.7. The maximum absolute atomic E-state index is 6.37. The van der Waals surface area contributed by atoms with Gasteiger partial charge in [-0.15, -0.1) is 0 Å². The molecular formula is C15H17Cl2N3O2. The van der Waals surface area contributed by atoms with Crippen LogP contribution in [0.1, 0.15) is 25.3 Å². The average Bonchev–Trinajstić information content (AvgIpc) is 3.10. The first-order valence-corrected chi connectivity index (χ1v) is 7.98. The molecule has 1 saturated heterocycles. The highest BCUT2D eigenvalue weighted by Gasteiger charge is 2.45. The van der Waals surface area contributed by atoms with E-state index in [1.807, 2.05) is 6.07 Å². The van der Waals surface area contributed by atoms with Crippen LogP contribution >= 0.6 is 23.2 Å². The van der Waals surface area contributed by atoms with Gasteiger partial charge in [-0.2, -0.15) is 5.10 Å². The number of halogens is 2. The maximum Gasteiger partial charge on any atom is 0.217 e. The fraction of sp³-hybridized carbons (Fsp3) is 0.467. The first kappa shape index (κ1) is 15.7. The minimum absolute atomic E-state index is 0.0419. The van der Waals surface area contributed by atoms with Gasteiger partial charge in [0.1, 0.15) is 19.2 Å². The Kier molecular flexibility index (Phi) is 4.68.